The van der Waals surface area contributed by atoms with E-state index >= 15 is 0 Å². The van der Waals surface area contributed by atoms with Gasteiger partial charge in [-0.25, -0.2) is 8.78 Å². The maximum absolute atomic E-state index is 13.3. The summed E-state index contributed by atoms with van der Waals surface area (Å²) in [5.41, 5.74) is 1.07. The fourth-order valence-electron chi connectivity index (χ4n) is 1.48. The Morgan fingerprint density at radius 3 is 2.61 bits per heavy atom. The molecule has 2 aromatic carbocycles. The Balaban J connectivity index is 2.11. The van der Waals surface area contributed by atoms with E-state index in [1.54, 1.807) is 31.2 Å². The summed E-state index contributed by atoms with van der Waals surface area (Å²) in [6.45, 7) is 1.77. The van der Waals surface area contributed by atoms with E-state index < -0.39 is 5.82 Å². The van der Waals surface area contributed by atoms with Crippen LogP contribution < -0.4 is 4.74 Å². The molecule has 0 bridgehead atoms. The van der Waals surface area contributed by atoms with Crippen LogP contribution in [0.3, 0.4) is 0 Å². The second kappa shape index (κ2) is 5.36. The molecule has 0 atom stereocenters. The average molecular weight is 269 g/mol. The predicted molar refractivity (Wildman–Crippen MR) is 66.9 cm³/mol. The highest BCUT2D eigenvalue weighted by Gasteiger charge is 2.07. The maximum Gasteiger partial charge on any atom is 0.142 e. The molecule has 18 heavy (non-hydrogen) atoms. The van der Waals surface area contributed by atoms with E-state index in [1.807, 2.05) is 0 Å². The molecule has 0 heterocycles. The zero-order valence-corrected chi connectivity index (χ0v) is 10.5. The van der Waals surface area contributed by atoms with Crippen molar-refractivity contribution in [2.45, 2.75) is 13.5 Å². The Labute approximate surface area is 109 Å². The normalized spacial score (nSPS) is 10.4. The van der Waals surface area contributed by atoms with E-state index in [9.17, 15) is 8.78 Å². The van der Waals surface area contributed by atoms with Gasteiger partial charge in [0.15, 0.2) is 0 Å². The highest BCUT2D eigenvalue weighted by Crippen LogP contribution is 2.22. The van der Waals surface area contributed by atoms with Crippen molar-refractivity contribution in [1.82, 2.24) is 0 Å². The average Bonchev–Trinajstić information content (AvgIpc) is 2.35. The molecule has 0 aromatic heterocycles. The van der Waals surface area contributed by atoms with E-state index in [4.69, 9.17) is 16.3 Å². The van der Waals surface area contributed by atoms with Crippen molar-refractivity contribution in [1.29, 1.82) is 0 Å². The lowest BCUT2D eigenvalue weighted by Crippen LogP contribution is -1.98. The number of hydrogen-bond acceptors (Lipinski definition) is 1. The van der Waals surface area contributed by atoms with Crippen LogP contribution in [0.2, 0.25) is 5.02 Å². The molecule has 0 fully saturated rings. The van der Waals surface area contributed by atoms with Crippen molar-refractivity contribution in [3.8, 4) is 5.75 Å². The van der Waals surface area contributed by atoms with Crippen LogP contribution in [0, 0.1) is 18.6 Å². The smallest absolute Gasteiger partial charge is 0.142 e. The fourth-order valence-corrected chi connectivity index (χ4v) is 1.66. The van der Waals surface area contributed by atoms with Crippen LogP contribution in [-0.2, 0) is 6.61 Å². The molecule has 0 amide bonds. The van der Waals surface area contributed by atoms with Crippen molar-refractivity contribution in [3.63, 3.8) is 0 Å². The Morgan fingerprint density at radius 1 is 1.11 bits per heavy atom. The van der Waals surface area contributed by atoms with Crippen LogP contribution in [0.5, 0.6) is 5.75 Å². The highest BCUT2D eigenvalue weighted by molar-refractivity contribution is 6.31. The van der Waals surface area contributed by atoms with E-state index in [1.165, 1.54) is 12.1 Å². The number of hydrogen-bond donors (Lipinski definition) is 0. The van der Waals surface area contributed by atoms with Crippen LogP contribution in [-0.4, -0.2) is 0 Å². The van der Waals surface area contributed by atoms with Crippen molar-refractivity contribution < 1.29 is 13.5 Å². The summed E-state index contributed by atoms with van der Waals surface area (Å²) in [6, 6.07) is 9.06. The minimum absolute atomic E-state index is 0.0325. The van der Waals surface area contributed by atoms with Gasteiger partial charge in [-0.1, -0.05) is 29.8 Å². The first kappa shape index (κ1) is 12.8. The van der Waals surface area contributed by atoms with Gasteiger partial charge in [-0.05, 0) is 24.6 Å². The number of benzene rings is 2. The summed E-state index contributed by atoms with van der Waals surface area (Å²) in [5.74, 6) is -0.441. The van der Waals surface area contributed by atoms with Gasteiger partial charge in [-0.3, -0.25) is 0 Å². The molecule has 2 rings (SSSR count). The maximum atomic E-state index is 13.3. The number of rotatable bonds is 3. The molecule has 0 unspecified atom stereocenters. The van der Waals surface area contributed by atoms with Crippen LogP contribution in [0.4, 0.5) is 8.78 Å². The second-order valence-corrected chi connectivity index (χ2v) is 4.29. The Bertz CT molecular complexity index is 570. The number of ether oxygens (including phenoxy) is 1. The minimum Gasteiger partial charge on any atom is -0.489 e. The van der Waals surface area contributed by atoms with Crippen molar-refractivity contribution in [3.05, 3.63) is 64.2 Å². The molecule has 2 aromatic rings. The summed E-state index contributed by atoms with van der Waals surface area (Å²) >= 11 is 5.79. The zero-order valence-electron chi connectivity index (χ0n) is 9.71. The van der Waals surface area contributed by atoms with Gasteiger partial charge < -0.3 is 4.74 Å². The van der Waals surface area contributed by atoms with Crippen molar-refractivity contribution in [2.24, 2.45) is 0 Å². The lowest BCUT2D eigenvalue weighted by molar-refractivity contribution is 0.304. The SMILES string of the molecule is Cc1ccc(OCc2cccc(F)c2Cl)cc1F. The van der Waals surface area contributed by atoms with Crippen molar-refractivity contribution in [2.75, 3.05) is 0 Å². The van der Waals surface area contributed by atoms with Gasteiger partial charge in [-0.15, -0.1) is 0 Å². The predicted octanol–water partition coefficient (Wildman–Crippen LogP) is 4.51. The molecule has 0 spiro atoms. The van der Waals surface area contributed by atoms with Gasteiger partial charge in [0.2, 0.25) is 0 Å². The van der Waals surface area contributed by atoms with E-state index in [-0.39, 0.29) is 17.4 Å². The highest BCUT2D eigenvalue weighted by atomic mass is 35.5. The molecule has 4 heteroatoms. The lowest BCUT2D eigenvalue weighted by atomic mass is 10.2. The third kappa shape index (κ3) is 2.79. The number of halogens is 3. The first-order chi connectivity index (χ1) is 8.58. The molecule has 0 aliphatic rings. The van der Waals surface area contributed by atoms with Crippen LogP contribution in [0.1, 0.15) is 11.1 Å². The fraction of sp³-hybridized carbons (Fsp3) is 0.143. The molecule has 0 aliphatic heterocycles. The first-order valence-electron chi connectivity index (χ1n) is 5.40. The van der Waals surface area contributed by atoms with Gasteiger partial charge in [0, 0.05) is 11.6 Å². The summed E-state index contributed by atoms with van der Waals surface area (Å²) in [5, 5.41) is 0.0325. The zero-order chi connectivity index (χ0) is 13.1. The lowest BCUT2D eigenvalue weighted by Gasteiger charge is -2.08. The molecule has 0 radical (unpaired) electrons. The third-order valence-corrected chi connectivity index (χ3v) is 2.99. The number of aryl methyl sites for hydroxylation is 1. The van der Waals surface area contributed by atoms with Gasteiger partial charge in [0.05, 0.1) is 5.02 Å². The summed E-state index contributed by atoms with van der Waals surface area (Å²) in [4.78, 5) is 0. The summed E-state index contributed by atoms with van der Waals surface area (Å²) in [7, 11) is 0. The molecule has 94 valence electrons. The molecular weight excluding hydrogens is 258 g/mol. The quantitative estimate of drug-likeness (QED) is 0.796. The molecular formula is C14H11ClF2O. The van der Waals surface area contributed by atoms with Crippen LogP contribution >= 0.6 is 11.6 Å². The summed E-state index contributed by atoms with van der Waals surface area (Å²) < 4.78 is 31.8. The van der Waals surface area contributed by atoms with E-state index in [0.717, 1.165) is 0 Å². The standard InChI is InChI=1S/C14H11ClF2O/c1-9-5-6-11(7-13(9)17)18-8-10-3-2-4-12(16)14(10)15/h2-7H,8H2,1H3. The third-order valence-electron chi connectivity index (χ3n) is 2.57. The van der Waals surface area contributed by atoms with E-state index in [2.05, 4.69) is 0 Å². The van der Waals surface area contributed by atoms with Gasteiger partial charge in [-0.2, -0.15) is 0 Å². The van der Waals surface area contributed by atoms with Crippen molar-refractivity contribution >= 4 is 11.6 Å². The topological polar surface area (TPSA) is 9.23 Å². The largest absolute Gasteiger partial charge is 0.489 e. The Hall–Kier alpha value is -1.61. The van der Waals surface area contributed by atoms with Gasteiger partial charge in [0.1, 0.15) is 24.0 Å². The Kier molecular flexibility index (Phi) is 3.82. The second-order valence-electron chi connectivity index (χ2n) is 3.91. The minimum atomic E-state index is -0.493. The summed E-state index contributed by atoms with van der Waals surface area (Å²) in [6.07, 6.45) is 0. The van der Waals surface area contributed by atoms with Gasteiger partial charge >= 0.3 is 0 Å². The molecule has 0 saturated heterocycles. The Morgan fingerprint density at radius 2 is 1.89 bits per heavy atom. The first-order valence-corrected chi connectivity index (χ1v) is 5.77. The molecule has 0 aliphatic carbocycles. The molecule has 0 N–H and O–H groups in total. The molecule has 1 nitrogen and oxygen atoms in total. The van der Waals surface area contributed by atoms with Crippen LogP contribution in [0.25, 0.3) is 0 Å². The monoisotopic (exact) mass is 268 g/mol. The van der Waals surface area contributed by atoms with Crippen LogP contribution in [0.15, 0.2) is 36.4 Å². The van der Waals surface area contributed by atoms with E-state index in [0.29, 0.717) is 16.9 Å². The van der Waals surface area contributed by atoms with Gasteiger partial charge in [0.25, 0.3) is 0 Å². The molecule has 0 saturated carbocycles.